The van der Waals surface area contributed by atoms with Gasteiger partial charge in [-0.05, 0) is 22.3 Å². The summed E-state index contributed by atoms with van der Waals surface area (Å²) >= 11 is 0. The maximum absolute atomic E-state index is 13.6. The van der Waals surface area contributed by atoms with E-state index < -0.39 is 42.7 Å². The van der Waals surface area contributed by atoms with Gasteiger partial charge in [0.2, 0.25) is 0 Å². The summed E-state index contributed by atoms with van der Waals surface area (Å²) in [5, 5.41) is 0. The van der Waals surface area contributed by atoms with Crippen molar-refractivity contribution in [3.05, 3.63) is 215 Å². The third-order valence-corrected chi connectivity index (χ3v) is 10.1. The Labute approximate surface area is 352 Å². The summed E-state index contributed by atoms with van der Waals surface area (Å²) in [5.74, 6) is -0.555. The Kier molecular flexibility index (Phi) is 15.9. The molecule has 0 N–H and O–H groups in total. The minimum atomic E-state index is -1.05. The van der Waals surface area contributed by atoms with E-state index in [-0.39, 0.29) is 26.4 Å². The predicted molar refractivity (Wildman–Crippen MR) is 230 cm³/mol. The number of esters is 1. The van der Waals surface area contributed by atoms with E-state index in [1.165, 1.54) is 7.11 Å². The molecule has 9 nitrogen and oxygen atoms in total. The van der Waals surface area contributed by atoms with E-state index in [4.69, 9.17) is 38.2 Å². The van der Waals surface area contributed by atoms with Crippen LogP contribution in [0.15, 0.2) is 187 Å². The van der Waals surface area contributed by atoms with Crippen molar-refractivity contribution < 1.29 is 38.0 Å². The molecule has 1 saturated heterocycles. The maximum atomic E-state index is 13.6. The van der Waals surface area contributed by atoms with Crippen LogP contribution in [-0.2, 0) is 64.4 Å². The first-order valence-corrected chi connectivity index (χ1v) is 20.3. The average Bonchev–Trinajstić information content (AvgIpc) is 3.31. The van der Waals surface area contributed by atoms with Crippen LogP contribution in [0.25, 0.3) is 0 Å². The fraction of sp³-hybridized carbons (Fsp3) is 0.255. The molecule has 0 aliphatic carbocycles. The lowest BCUT2D eigenvalue weighted by molar-refractivity contribution is -0.328. The molecule has 1 fully saturated rings. The highest BCUT2D eigenvalue weighted by atomic mass is 16.7. The summed E-state index contributed by atoms with van der Waals surface area (Å²) in [6.45, 7) is 1.17. The molecule has 1 aliphatic rings. The number of hydrogen-bond donors (Lipinski definition) is 0. The van der Waals surface area contributed by atoms with Gasteiger partial charge in [-0.2, -0.15) is 0 Å². The smallest absolute Gasteiger partial charge is 0.333 e. The molecular formula is C51H51NO8. The zero-order chi connectivity index (χ0) is 41.2. The summed E-state index contributed by atoms with van der Waals surface area (Å²) in [4.78, 5) is 18.6. The van der Waals surface area contributed by atoms with Gasteiger partial charge in [-0.3, -0.25) is 4.99 Å². The van der Waals surface area contributed by atoms with Gasteiger partial charge in [0.15, 0.2) is 12.3 Å². The number of methoxy groups -OCH3 is 1. The first kappa shape index (κ1) is 42.3. The van der Waals surface area contributed by atoms with E-state index in [0.29, 0.717) is 18.9 Å². The van der Waals surface area contributed by atoms with Crippen LogP contribution in [0.4, 0.5) is 0 Å². The van der Waals surface area contributed by atoms with E-state index >= 15 is 0 Å². The largest absolute Gasteiger partial charge is 0.467 e. The monoisotopic (exact) mass is 805 g/mol. The van der Waals surface area contributed by atoms with Crippen molar-refractivity contribution in [3.8, 4) is 0 Å². The number of aliphatic imine (C=N–C) groups is 1. The van der Waals surface area contributed by atoms with E-state index in [0.717, 1.165) is 33.4 Å². The van der Waals surface area contributed by atoms with Gasteiger partial charge in [0, 0.05) is 11.1 Å². The number of benzene rings is 6. The van der Waals surface area contributed by atoms with Crippen LogP contribution in [-0.4, -0.2) is 68.8 Å². The van der Waals surface area contributed by atoms with E-state index in [9.17, 15) is 4.79 Å². The Morgan fingerprint density at radius 3 is 1.37 bits per heavy atom. The number of ether oxygens (including phenoxy) is 7. The molecule has 9 heteroatoms. The SMILES string of the molecule is COC(=O)[C@H](CO[C@@H]1O[C@H](COCc2ccccc2)[C@@H](OCc2ccccc2)[C@H](OCc2ccccc2)[C@H]1OCc1ccccc1)N=C(c1ccccc1)c1ccccc1. The van der Waals surface area contributed by atoms with Crippen molar-refractivity contribution in [1.29, 1.82) is 0 Å². The van der Waals surface area contributed by atoms with Gasteiger partial charge in [-0.1, -0.05) is 182 Å². The normalized spacial score (nSPS) is 19.2. The van der Waals surface area contributed by atoms with Crippen molar-refractivity contribution in [1.82, 2.24) is 0 Å². The first-order valence-electron chi connectivity index (χ1n) is 20.3. The molecule has 1 aliphatic heterocycles. The molecular weight excluding hydrogens is 755 g/mol. The molecule has 6 aromatic rings. The Morgan fingerprint density at radius 2 is 0.917 bits per heavy atom. The van der Waals surface area contributed by atoms with E-state index in [1.807, 2.05) is 182 Å². The molecule has 0 aromatic heterocycles. The molecule has 0 bridgehead atoms. The van der Waals surface area contributed by atoms with Gasteiger partial charge in [0.25, 0.3) is 0 Å². The molecule has 6 atom stereocenters. The quantitative estimate of drug-likeness (QED) is 0.0559. The lowest BCUT2D eigenvalue weighted by atomic mass is 9.97. The van der Waals surface area contributed by atoms with Gasteiger partial charge >= 0.3 is 5.97 Å². The van der Waals surface area contributed by atoms with Gasteiger partial charge in [0.1, 0.15) is 24.4 Å². The minimum Gasteiger partial charge on any atom is -0.467 e. The summed E-state index contributed by atoms with van der Waals surface area (Å²) in [5.41, 5.74) is 6.28. The van der Waals surface area contributed by atoms with Gasteiger partial charge < -0.3 is 33.2 Å². The fourth-order valence-electron chi connectivity index (χ4n) is 7.02. The lowest BCUT2D eigenvalue weighted by Gasteiger charge is -2.46. The van der Waals surface area contributed by atoms with Crippen LogP contribution in [0.1, 0.15) is 33.4 Å². The maximum Gasteiger partial charge on any atom is 0.333 e. The molecule has 6 aromatic carbocycles. The predicted octanol–water partition coefficient (Wildman–Crippen LogP) is 8.78. The Hall–Kier alpha value is -5.78. The summed E-state index contributed by atoms with van der Waals surface area (Å²) in [6, 6.07) is 58.2. The number of carbonyl (C=O) groups excluding carboxylic acids is 1. The number of nitrogens with zero attached hydrogens (tertiary/aromatic N) is 1. The van der Waals surface area contributed by atoms with Crippen LogP contribution < -0.4 is 0 Å². The number of carbonyl (C=O) groups is 1. The summed E-state index contributed by atoms with van der Waals surface area (Å²) in [6.07, 6.45) is -3.86. The zero-order valence-electron chi connectivity index (χ0n) is 33.7. The van der Waals surface area contributed by atoms with E-state index in [1.54, 1.807) is 0 Å². The molecule has 0 unspecified atom stereocenters. The average molecular weight is 806 g/mol. The molecule has 7 rings (SSSR count). The number of hydrogen-bond acceptors (Lipinski definition) is 9. The third-order valence-electron chi connectivity index (χ3n) is 10.1. The second kappa shape index (κ2) is 22.6. The Morgan fingerprint density at radius 1 is 0.517 bits per heavy atom. The molecule has 0 radical (unpaired) electrons. The second-order valence-electron chi connectivity index (χ2n) is 14.4. The van der Waals surface area contributed by atoms with Crippen molar-refractivity contribution in [3.63, 3.8) is 0 Å². The van der Waals surface area contributed by atoms with Crippen LogP contribution >= 0.6 is 0 Å². The Balaban J connectivity index is 1.23. The summed E-state index contributed by atoms with van der Waals surface area (Å²) in [7, 11) is 1.35. The zero-order valence-corrected chi connectivity index (χ0v) is 33.7. The third kappa shape index (κ3) is 12.1. The highest BCUT2D eigenvalue weighted by Crippen LogP contribution is 2.32. The number of rotatable bonds is 20. The molecule has 308 valence electrons. The Bertz CT molecular complexity index is 2120. The van der Waals surface area contributed by atoms with Gasteiger partial charge in [-0.25, -0.2) is 4.79 Å². The van der Waals surface area contributed by atoms with Crippen LogP contribution in [0, 0.1) is 0 Å². The van der Waals surface area contributed by atoms with Crippen LogP contribution in [0.2, 0.25) is 0 Å². The fourth-order valence-corrected chi connectivity index (χ4v) is 7.02. The standard InChI is InChI=1S/C51H51NO8/c1-54-50(53)44(52-46(42-28-16-6-17-29-42)43-30-18-7-19-31-43)36-59-51-49(58-35-41-26-14-5-15-27-41)48(57-34-40-24-12-4-13-25-40)47(56-33-39-22-10-3-11-23-39)45(60-51)37-55-32-38-20-8-2-9-21-38/h2-31,44-45,47-49,51H,32-37H2,1H3/t44-,45+,47+,48-,49+,51+/m0/s1. The topological polar surface area (TPSA) is 94.0 Å². The molecule has 0 saturated carbocycles. The van der Waals surface area contributed by atoms with Crippen LogP contribution in [0.3, 0.4) is 0 Å². The van der Waals surface area contributed by atoms with Gasteiger partial charge in [-0.15, -0.1) is 0 Å². The molecule has 0 spiro atoms. The van der Waals surface area contributed by atoms with Crippen molar-refractivity contribution in [2.75, 3.05) is 20.3 Å². The lowest BCUT2D eigenvalue weighted by Crippen LogP contribution is -2.62. The van der Waals surface area contributed by atoms with Gasteiger partial charge in [0.05, 0.1) is 52.5 Å². The van der Waals surface area contributed by atoms with Crippen molar-refractivity contribution >= 4 is 11.7 Å². The van der Waals surface area contributed by atoms with Crippen LogP contribution in [0.5, 0.6) is 0 Å². The molecule has 60 heavy (non-hydrogen) atoms. The van der Waals surface area contributed by atoms with Crippen molar-refractivity contribution in [2.45, 2.75) is 63.2 Å². The van der Waals surface area contributed by atoms with E-state index in [2.05, 4.69) is 0 Å². The second-order valence-corrected chi connectivity index (χ2v) is 14.4. The highest BCUT2D eigenvalue weighted by Gasteiger charge is 2.49. The first-order chi connectivity index (χ1) is 29.6. The minimum absolute atomic E-state index is 0.162. The summed E-state index contributed by atoms with van der Waals surface area (Å²) < 4.78 is 45.6. The molecule has 1 heterocycles. The molecule has 0 amide bonds. The highest BCUT2D eigenvalue weighted by molar-refractivity contribution is 6.13. The van der Waals surface area contributed by atoms with Crippen molar-refractivity contribution in [2.24, 2.45) is 4.99 Å².